The van der Waals surface area contributed by atoms with Crippen molar-refractivity contribution in [3.8, 4) is 5.75 Å². The van der Waals surface area contributed by atoms with Gasteiger partial charge in [0.05, 0.1) is 7.11 Å². The molecule has 0 bridgehead atoms. The molecule has 3 rings (SSSR count). The van der Waals surface area contributed by atoms with Crippen molar-refractivity contribution in [3.05, 3.63) is 59.2 Å². The summed E-state index contributed by atoms with van der Waals surface area (Å²) in [6, 6.07) is 14.1. The first-order chi connectivity index (χ1) is 11.2. The van der Waals surface area contributed by atoms with Gasteiger partial charge in [-0.1, -0.05) is 12.1 Å². The highest BCUT2D eigenvalue weighted by Crippen LogP contribution is 2.21. The van der Waals surface area contributed by atoms with E-state index in [4.69, 9.17) is 4.74 Å². The fraction of sp³-hybridized carbons (Fsp3) is 0.316. The lowest BCUT2D eigenvalue weighted by Gasteiger charge is -2.11. The zero-order valence-corrected chi connectivity index (χ0v) is 13.6. The van der Waals surface area contributed by atoms with E-state index in [2.05, 4.69) is 23.6 Å². The van der Waals surface area contributed by atoms with Crippen molar-refractivity contribution in [1.82, 2.24) is 5.32 Å². The summed E-state index contributed by atoms with van der Waals surface area (Å²) in [6.07, 6.45) is 2.20. The first-order valence-corrected chi connectivity index (χ1v) is 7.94. The minimum absolute atomic E-state index is 0.0109. The topological polar surface area (TPSA) is 50.4 Å². The van der Waals surface area contributed by atoms with E-state index in [0.29, 0.717) is 18.2 Å². The fourth-order valence-electron chi connectivity index (χ4n) is 2.46. The summed E-state index contributed by atoms with van der Waals surface area (Å²) < 4.78 is 5.23. The number of rotatable bonds is 6. The molecule has 1 aliphatic rings. The van der Waals surface area contributed by atoms with Crippen LogP contribution in [0.15, 0.2) is 42.5 Å². The molecule has 2 aromatic rings. The molecule has 23 heavy (non-hydrogen) atoms. The predicted molar refractivity (Wildman–Crippen MR) is 92.0 cm³/mol. The number of anilines is 1. The molecule has 0 spiro atoms. The van der Waals surface area contributed by atoms with Gasteiger partial charge >= 0.3 is 0 Å². The molecule has 120 valence electrons. The van der Waals surface area contributed by atoms with Gasteiger partial charge in [-0.25, -0.2) is 0 Å². The van der Waals surface area contributed by atoms with Gasteiger partial charge in [0.1, 0.15) is 5.75 Å². The molecule has 1 fully saturated rings. The molecule has 0 aliphatic heterocycles. The van der Waals surface area contributed by atoms with Gasteiger partial charge in [-0.15, -0.1) is 0 Å². The standard InChI is InChI=1S/C19H22N2O2/c1-13-10-18(23-2)9-6-15(13)12-20-17-5-3-4-14(11-17)19(22)21-16-7-8-16/h3-6,9-11,16,20H,7-8,12H2,1-2H3,(H,21,22). The van der Waals surface area contributed by atoms with Crippen molar-refractivity contribution < 1.29 is 9.53 Å². The van der Waals surface area contributed by atoms with Gasteiger partial charge in [-0.2, -0.15) is 0 Å². The molecule has 0 aromatic heterocycles. The van der Waals surface area contributed by atoms with E-state index in [1.54, 1.807) is 7.11 Å². The Labute approximate surface area is 136 Å². The van der Waals surface area contributed by atoms with E-state index in [-0.39, 0.29) is 5.91 Å². The fourth-order valence-corrected chi connectivity index (χ4v) is 2.46. The first kappa shape index (κ1) is 15.4. The molecule has 2 N–H and O–H groups in total. The number of aryl methyl sites for hydroxylation is 1. The Bertz CT molecular complexity index is 708. The SMILES string of the molecule is COc1ccc(CNc2cccc(C(=O)NC3CC3)c2)c(C)c1. The molecule has 2 aromatic carbocycles. The zero-order chi connectivity index (χ0) is 16.2. The number of nitrogens with one attached hydrogen (secondary N) is 2. The summed E-state index contributed by atoms with van der Waals surface area (Å²) in [5.41, 5.74) is 4.04. The van der Waals surface area contributed by atoms with Crippen molar-refractivity contribution in [2.24, 2.45) is 0 Å². The molecule has 0 atom stereocenters. The number of ether oxygens (including phenoxy) is 1. The number of amides is 1. The van der Waals surface area contributed by atoms with Crippen LogP contribution in [0.3, 0.4) is 0 Å². The highest BCUT2D eigenvalue weighted by Gasteiger charge is 2.23. The van der Waals surface area contributed by atoms with Gasteiger partial charge in [0.25, 0.3) is 5.91 Å². The van der Waals surface area contributed by atoms with E-state index in [1.165, 1.54) is 11.1 Å². The second-order valence-electron chi connectivity index (χ2n) is 5.97. The van der Waals surface area contributed by atoms with Crippen LogP contribution in [0.2, 0.25) is 0 Å². The average molecular weight is 310 g/mol. The van der Waals surface area contributed by atoms with Crippen LogP contribution in [-0.2, 0) is 6.54 Å². The Kier molecular flexibility index (Phi) is 4.51. The summed E-state index contributed by atoms with van der Waals surface area (Å²) in [7, 11) is 1.67. The van der Waals surface area contributed by atoms with E-state index >= 15 is 0 Å². The Hall–Kier alpha value is -2.49. The van der Waals surface area contributed by atoms with Crippen molar-refractivity contribution >= 4 is 11.6 Å². The highest BCUT2D eigenvalue weighted by atomic mass is 16.5. The molecule has 1 saturated carbocycles. The maximum absolute atomic E-state index is 12.1. The average Bonchev–Trinajstić information content (AvgIpc) is 3.38. The number of hydrogen-bond acceptors (Lipinski definition) is 3. The van der Waals surface area contributed by atoms with Crippen LogP contribution < -0.4 is 15.4 Å². The number of carbonyl (C=O) groups is 1. The van der Waals surface area contributed by atoms with Crippen LogP contribution in [-0.4, -0.2) is 19.1 Å². The number of hydrogen-bond donors (Lipinski definition) is 2. The van der Waals surface area contributed by atoms with Crippen LogP contribution >= 0.6 is 0 Å². The van der Waals surface area contributed by atoms with E-state index in [0.717, 1.165) is 24.3 Å². The van der Waals surface area contributed by atoms with Crippen molar-refractivity contribution in [1.29, 1.82) is 0 Å². The molecule has 0 heterocycles. The highest BCUT2D eigenvalue weighted by molar-refractivity contribution is 5.95. The minimum Gasteiger partial charge on any atom is -0.497 e. The molecule has 1 aliphatic carbocycles. The molecule has 0 saturated heterocycles. The summed E-state index contributed by atoms with van der Waals surface area (Å²) in [4.78, 5) is 12.1. The number of benzene rings is 2. The monoisotopic (exact) mass is 310 g/mol. The quantitative estimate of drug-likeness (QED) is 0.858. The van der Waals surface area contributed by atoms with E-state index < -0.39 is 0 Å². The van der Waals surface area contributed by atoms with Gasteiger partial charge in [0.15, 0.2) is 0 Å². The third kappa shape index (κ3) is 4.03. The maximum Gasteiger partial charge on any atom is 0.251 e. The minimum atomic E-state index is 0.0109. The molecule has 0 unspecified atom stereocenters. The molecule has 4 heteroatoms. The zero-order valence-electron chi connectivity index (χ0n) is 13.6. The third-order valence-electron chi connectivity index (χ3n) is 4.07. The Balaban J connectivity index is 1.64. The van der Waals surface area contributed by atoms with Gasteiger partial charge in [0.2, 0.25) is 0 Å². The molecular formula is C19H22N2O2. The summed E-state index contributed by atoms with van der Waals surface area (Å²) >= 11 is 0. The Morgan fingerprint density at radius 1 is 1.22 bits per heavy atom. The van der Waals surface area contributed by atoms with Gasteiger partial charge in [0, 0.05) is 23.8 Å². The largest absolute Gasteiger partial charge is 0.497 e. The second kappa shape index (κ2) is 6.73. The first-order valence-electron chi connectivity index (χ1n) is 7.94. The molecule has 0 radical (unpaired) electrons. The van der Waals surface area contributed by atoms with Crippen molar-refractivity contribution in [2.75, 3.05) is 12.4 Å². The lowest BCUT2D eigenvalue weighted by atomic mass is 10.1. The lowest BCUT2D eigenvalue weighted by Crippen LogP contribution is -2.25. The Morgan fingerprint density at radius 3 is 2.74 bits per heavy atom. The molecular weight excluding hydrogens is 288 g/mol. The van der Waals surface area contributed by atoms with Crippen LogP contribution in [0.5, 0.6) is 5.75 Å². The third-order valence-corrected chi connectivity index (χ3v) is 4.07. The lowest BCUT2D eigenvalue weighted by molar-refractivity contribution is 0.0951. The van der Waals surface area contributed by atoms with E-state index in [1.807, 2.05) is 36.4 Å². The van der Waals surface area contributed by atoms with Gasteiger partial charge in [-0.05, 0) is 61.2 Å². The predicted octanol–water partition coefficient (Wildman–Crippen LogP) is 3.51. The normalized spacial score (nSPS) is 13.5. The molecule has 1 amide bonds. The van der Waals surface area contributed by atoms with Crippen molar-refractivity contribution in [3.63, 3.8) is 0 Å². The van der Waals surface area contributed by atoms with Crippen molar-refractivity contribution in [2.45, 2.75) is 32.4 Å². The molecule has 4 nitrogen and oxygen atoms in total. The van der Waals surface area contributed by atoms with Gasteiger partial charge < -0.3 is 15.4 Å². The number of methoxy groups -OCH3 is 1. The number of carbonyl (C=O) groups excluding carboxylic acids is 1. The van der Waals surface area contributed by atoms with Crippen LogP contribution in [0, 0.1) is 6.92 Å². The summed E-state index contributed by atoms with van der Waals surface area (Å²) in [6.45, 7) is 2.78. The smallest absolute Gasteiger partial charge is 0.251 e. The van der Waals surface area contributed by atoms with Gasteiger partial charge in [-0.3, -0.25) is 4.79 Å². The van der Waals surface area contributed by atoms with Crippen LogP contribution in [0.25, 0.3) is 0 Å². The second-order valence-corrected chi connectivity index (χ2v) is 5.97. The summed E-state index contributed by atoms with van der Waals surface area (Å²) in [5.74, 6) is 0.877. The van der Waals surface area contributed by atoms with Crippen LogP contribution in [0.1, 0.15) is 34.3 Å². The maximum atomic E-state index is 12.1. The Morgan fingerprint density at radius 2 is 2.04 bits per heavy atom. The van der Waals surface area contributed by atoms with E-state index in [9.17, 15) is 4.79 Å². The van der Waals surface area contributed by atoms with Crippen LogP contribution in [0.4, 0.5) is 5.69 Å². The summed E-state index contributed by atoms with van der Waals surface area (Å²) in [5, 5.41) is 6.39.